The van der Waals surface area contributed by atoms with Crippen LogP contribution in [0.3, 0.4) is 0 Å². The van der Waals surface area contributed by atoms with Crippen molar-refractivity contribution in [2.24, 2.45) is 11.8 Å². The highest BCUT2D eigenvalue weighted by Gasteiger charge is 2.06. The van der Waals surface area contributed by atoms with Gasteiger partial charge in [0.2, 0.25) is 0 Å². The Hall–Kier alpha value is 1.13. The summed E-state index contributed by atoms with van der Waals surface area (Å²) in [7, 11) is 4.83. The average Bonchev–Trinajstić information content (AvgIpc) is 2.61. The van der Waals surface area contributed by atoms with Crippen LogP contribution in [-0.4, -0.2) is 30.5 Å². The van der Waals surface area contributed by atoms with Crippen molar-refractivity contribution in [3.8, 4) is 0 Å². The van der Waals surface area contributed by atoms with Crippen LogP contribution in [0.4, 0.5) is 0 Å². The van der Waals surface area contributed by atoms with Gasteiger partial charge in [0.15, 0.2) is 0 Å². The van der Waals surface area contributed by atoms with Gasteiger partial charge in [-0.25, -0.2) is 0 Å². The molecule has 24 heavy (non-hydrogen) atoms. The van der Waals surface area contributed by atoms with E-state index in [9.17, 15) is 0 Å². The molecule has 0 aliphatic rings. The molecule has 0 fully saturated rings. The van der Waals surface area contributed by atoms with Crippen molar-refractivity contribution in [1.82, 2.24) is 0 Å². The SMILES string of the molecule is CCCCC(CC)C[SiH2]CCSSCC[SiH2]CC(CC)CCCC. The van der Waals surface area contributed by atoms with E-state index in [4.69, 9.17) is 0 Å². The van der Waals surface area contributed by atoms with Crippen LogP contribution in [0.2, 0.25) is 24.2 Å². The Morgan fingerprint density at radius 1 is 0.667 bits per heavy atom. The first kappa shape index (κ1) is 25.1. The summed E-state index contributed by atoms with van der Waals surface area (Å²) < 4.78 is 0. The molecule has 146 valence electrons. The van der Waals surface area contributed by atoms with Crippen LogP contribution < -0.4 is 0 Å². The van der Waals surface area contributed by atoms with Gasteiger partial charge < -0.3 is 0 Å². The lowest BCUT2D eigenvalue weighted by atomic mass is 10.0. The van der Waals surface area contributed by atoms with Crippen LogP contribution in [0.1, 0.15) is 79.1 Å². The Kier molecular flexibility index (Phi) is 21.4. The number of unbranched alkanes of at least 4 members (excludes halogenated alkanes) is 2. The molecule has 0 saturated heterocycles. The summed E-state index contributed by atoms with van der Waals surface area (Å²) in [5, 5.41) is 0. The molecule has 0 aromatic carbocycles. The van der Waals surface area contributed by atoms with Crippen molar-refractivity contribution >= 4 is 40.6 Å². The third-order valence-corrected chi connectivity index (χ3v) is 13.1. The second kappa shape index (κ2) is 20.4. The van der Waals surface area contributed by atoms with Gasteiger partial charge in [0, 0.05) is 30.5 Å². The Morgan fingerprint density at radius 2 is 1.08 bits per heavy atom. The summed E-state index contributed by atoms with van der Waals surface area (Å²) in [5.41, 5.74) is 0. The summed E-state index contributed by atoms with van der Waals surface area (Å²) in [5.74, 6) is 5.02. The molecule has 0 aliphatic carbocycles. The van der Waals surface area contributed by atoms with E-state index in [1.807, 2.05) is 0 Å². The molecule has 0 heterocycles. The fraction of sp³-hybridized carbons (Fsp3) is 1.00. The molecule has 0 aliphatic heterocycles. The second-order valence-electron chi connectivity index (χ2n) is 7.47. The summed E-state index contributed by atoms with van der Waals surface area (Å²) in [6.07, 6.45) is 11.5. The lowest BCUT2D eigenvalue weighted by molar-refractivity contribution is 0.490. The maximum atomic E-state index is 2.40. The summed E-state index contributed by atoms with van der Waals surface area (Å²) in [4.78, 5) is 0. The zero-order valence-electron chi connectivity index (χ0n) is 17.3. The Balaban J connectivity index is 3.32. The molecule has 0 rings (SSSR count). The number of rotatable bonds is 19. The van der Waals surface area contributed by atoms with Gasteiger partial charge in [-0.05, 0) is 11.8 Å². The van der Waals surface area contributed by atoms with Crippen LogP contribution in [0, 0.1) is 11.8 Å². The van der Waals surface area contributed by atoms with Crippen molar-refractivity contribution < 1.29 is 0 Å². The van der Waals surface area contributed by atoms with E-state index in [0.717, 1.165) is 11.8 Å². The van der Waals surface area contributed by atoms with Crippen molar-refractivity contribution in [2.45, 2.75) is 103 Å². The van der Waals surface area contributed by atoms with E-state index < -0.39 is 0 Å². The van der Waals surface area contributed by atoms with Crippen LogP contribution in [0.15, 0.2) is 0 Å². The van der Waals surface area contributed by atoms with E-state index in [0.29, 0.717) is 0 Å². The maximum Gasteiger partial charge on any atom is 0.0210 e. The largest absolute Gasteiger partial charge is 0.0945 e. The number of hydrogen-bond acceptors (Lipinski definition) is 2. The maximum absolute atomic E-state index is 2.40. The minimum Gasteiger partial charge on any atom is -0.0945 e. The fourth-order valence-corrected chi connectivity index (χ4v) is 12.2. The highest BCUT2D eigenvalue weighted by atomic mass is 33.1. The molecule has 4 heteroatoms. The molecule has 0 radical (unpaired) electrons. The molecule has 0 saturated carbocycles. The molecule has 0 amide bonds. The normalized spacial score (nSPS) is 15.0. The molecular weight excluding hydrogens is 361 g/mol. The zero-order chi connectivity index (χ0) is 17.9. The Labute approximate surface area is 166 Å². The third kappa shape index (κ3) is 16.6. The van der Waals surface area contributed by atoms with Crippen LogP contribution in [0.25, 0.3) is 0 Å². The van der Waals surface area contributed by atoms with Crippen molar-refractivity contribution in [3.05, 3.63) is 0 Å². The molecule has 0 N–H and O–H groups in total. The first-order valence-corrected chi connectivity index (χ1v) is 17.5. The van der Waals surface area contributed by atoms with Gasteiger partial charge >= 0.3 is 0 Å². The predicted molar refractivity (Wildman–Crippen MR) is 128 cm³/mol. The lowest BCUT2D eigenvalue weighted by Crippen LogP contribution is -2.04. The standard InChI is InChI=1S/C20H46S2Si2/c1-5-9-11-19(7-3)17-23-15-13-21-22-14-16-24-18-20(8-4)12-10-6-2/h19-20H,5-18,23-24H2,1-4H3. The average molecular weight is 407 g/mol. The highest BCUT2D eigenvalue weighted by Crippen LogP contribution is 2.25. The van der Waals surface area contributed by atoms with Gasteiger partial charge in [0.25, 0.3) is 0 Å². The van der Waals surface area contributed by atoms with Gasteiger partial charge in [-0.3, -0.25) is 0 Å². The van der Waals surface area contributed by atoms with Crippen molar-refractivity contribution in [2.75, 3.05) is 11.5 Å². The van der Waals surface area contributed by atoms with Crippen LogP contribution in [0.5, 0.6) is 0 Å². The first-order chi connectivity index (χ1) is 11.8. The highest BCUT2D eigenvalue weighted by molar-refractivity contribution is 8.76. The molecule has 0 aromatic rings. The van der Waals surface area contributed by atoms with E-state index in [1.54, 1.807) is 24.2 Å². The smallest absolute Gasteiger partial charge is 0.0210 e. The lowest BCUT2D eigenvalue weighted by Gasteiger charge is -2.13. The van der Waals surface area contributed by atoms with Gasteiger partial charge in [-0.1, -0.05) is 125 Å². The summed E-state index contributed by atoms with van der Waals surface area (Å²) in [6.45, 7) is 9.45. The molecule has 0 aromatic heterocycles. The predicted octanol–water partition coefficient (Wildman–Crippen LogP) is 6.81. The van der Waals surface area contributed by atoms with Crippen molar-refractivity contribution in [1.29, 1.82) is 0 Å². The number of hydrogen-bond donors (Lipinski definition) is 0. The van der Waals surface area contributed by atoms with Crippen molar-refractivity contribution in [3.63, 3.8) is 0 Å². The van der Waals surface area contributed by atoms with Gasteiger partial charge in [-0.2, -0.15) is 0 Å². The molecule has 2 unspecified atom stereocenters. The van der Waals surface area contributed by atoms with E-state index >= 15 is 0 Å². The second-order valence-corrected chi connectivity index (χ2v) is 14.2. The third-order valence-electron chi connectivity index (χ3n) is 5.35. The Bertz CT molecular complexity index is 216. The molecular formula is C20H46S2Si2. The van der Waals surface area contributed by atoms with Gasteiger partial charge in [0.1, 0.15) is 0 Å². The quantitative estimate of drug-likeness (QED) is 0.131. The van der Waals surface area contributed by atoms with Crippen LogP contribution >= 0.6 is 21.6 Å². The van der Waals surface area contributed by atoms with Gasteiger partial charge in [-0.15, -0.1) is 0 Å². The summed E-state index contributed by atoms with van der Waals surface area (Å²) in [6, 6.07) is 6.38. The first-order valence-electron chi connectivity index (χ1n) is 11.0. The van der Waals surface area contributed by atoms with E-state index in [-0.39, 0.29) is 19.0 Å². The zero-order valence-corrected chi connectivity index (χ0v) is 21.7. The minimum atomic E-state index is 0.233. The Morgan fingerprint density at radius 3 is 1.42 bits per heavy atom. The molecule has 0 nitrogen and oxygen atoms in total. The summed E-state index contributed by atoms with van der Waals surface area (Å²) >= 11 is 0. The van der Waals surface area contributed by atoms with E-state index in [2.05, 4.69) is 49.3 Å². The fourth-order valence-electron chi connectivity index (χ4n) is 3.40. The topological polar surface area (TPSA) is 0 Å². The van der Waals surface area contributed by atoms with Crippen LogP contribution in [-0.2, 0) is 0 Å². The molecule has 0 spiro atoms. The molecule has 2 atom stereocenters. The van der Waals surface area contributed by atoms with Gasteiger partial charge in [0.05, 0.1) is 0 Å². The molecule has 0 bridgehead atoms. The van der Waals surface area contributed by atoms with E-state index in [1.165, 1.54) is 62.9 Å². The monoisotopic (exact) mass is 406 g/mol. The minimum absolute atomic E-state index is 0.233.